The number of hydrogen-bond acceptors (Lipinski definition) is 24. The smallest absolute Gasteiger partial charge is 0.323 e. The molecule has 8 aromatic rings. The molecule has 0 aromatic heterocycles. The van der Waals surface area contributed by atoms with Gasteiger partial charge < -0.3 is 78.0 Å². The molecule has 0 saturated carbocycles. The number of carbonyl (C=O) groups is 8. The summed E-state index contributed by atoms with van der Waals surface area (Å²) in [4.78, 5) is 93.8. The van der Waals surface area contributed by atoms with Gasteiger partial charge in [0.15, 0.2) is 0 Å². The van der Waals surface area contributed by atoms with E-state index in [0.29, 0.717) is 76.5 Å². The van der Waals surface area contributed by atoms with E-state index in [2.05, 4.69) is 40.2 Å². The first kappa shape index (κ1) is 130. The first-order chi connectivity index (χ1) is 63.3. The molecule has 0 fully saturated rings. The number of carbonyl (C=O) groups excluding carboxylic acids is 8. The largest absolute Gasteiger partial charge is 0.458 e. The normalized spacial score (nSPS) is 13.2. The molecule has 0 bridgehead atoms. The Morgan fingerprint density at radius 3 is 0.755 bits per heavy atom. The molecular formula is C108H155BrCl5FN8O16. The molecule has 0 amide bonds. The van der Waals surface area contributed by atoms with Crippen LogP contribution in [0.2, 0.25) is 25.1 Å². The maximum atomic E-state index is 12.7. The molecule has 14 N–H and O–H groups in total. The lowest BCUT2D eigenvalue weighted by atomic mass is 9.97. The van der Waals surface area contributed by atoms with Crippen molar-refractivity contribution in [2.75, 3.05) is 14.1 Å². The fourth-order valence-electron chi connectivity index (χ4n) is 12.4. The topological polar surface area (TPSA) is 396 Å². The predicted octanol–water partition coefficient (Wildman–Crippen LogP) is 20.9. The summed E-state index contributed by atoms with van der Waals surface area (Å²) in [6.45, 7) is 45.0. The van der Waals surface area contributed by atoms with Gasteiger partial charge in [-0.05, 0) is 304 Å². The van der Waals surface area contributed by atoms with Crippen LogP contribution in [-0.2, 0) is 128 Å². The highest BCUT2D eigenvalue weighted by Gasteiger charge is 2.33. The van der Waals surface area contributed by atoms with Crippen LogP contribution in [0, 0.1) is 12.7 Å². The molecule has 8 aromatic carbocycles. The van der Waals surface area contributed by atoms with Gasteiger partial charge in [-0.2, -0.15) is 0 Å². The van der Waals surface area contributed by atoms with E-state index < -0.39 is 105 Å². The lowest BCUT2D eigenvalue weighted by Crippen LogP contribution is -2.40. The Balaban J connectivity index is 0.00000156. The molecule has 24 nitrogen and oxygen atoms in total. The van der Waals surface area contributed by atoms with Crippen LogP contribution in [0.15, 0.2) is 199 Å². The van der Waals surface area contributed by atoms with E-state index in [1.807, 2.05) is 263 Å². The van der Waals surface area contributed by atoms with Crippen molar-refractivity contribution in [2.45, 2.75) is 325 Å². The van der Waals surface area contributed by atoms with Crippen LogP contribution in [0.3, 0.4) is 0 Å². The van der Waals surface area contributed by atoms with E-state index in [9.17, 15) is 42.7 Å². The monoisotopic (exact) mass is 2090 g/mol. The first-order valence-electron chi connectivity index (χ1n) is 45.4. The molecule has 31 heteroatoms. The van der Waals surface area contributed by atoms with Gasteiger partial charge in [-0.3, -0.25) is 43.3 Å². The molecule has 0 saturated heterocycles. The van der Waals surface area contributed by atoms with Gasteiger partial charge in [-0.25, -0.2) is 4.39 Å². The lowest BCUT2D eigenvalue weighted by Gasteiger charge is -2.28. The molecule has 0 spiro atoms. The third-order valence-corrected chi connectivity index (χ3v) is 21.3. The maximum absolute atomic E-state index is 12.7. The highest BCUT2D eigenvalue weighted by molar-refractivity contribution is 9.10. The molecule has 8 rings (SSSR count). The lowest BCUT2D eigenvalue weighted by molar-refractivity contribution is -0.162. The van der Waals surface area contributed by atoms with Gasteiger partial charge >= 0.3 is 47.8 Å². The minimum absolute atomic E-state index is 0. The van der Waals surface area contributed by atoms with Crippen molar-refractivity contribution < 1.29 is 80.6 Å². The minimum Gasteiger partial charge on any atom is -0.458 e. The third-order valence-electron chi connectivity index (χ3n) is 19.3. The van der Waals surface area contributed by atoms with E-state index in [1.165, 1.54) is 17.7 Å². The second-order valence-electron chi connectivity index (χ2n) is 39.4. The number of rotatable bonds is 33. The molecule has 0 aliphatic rings. The minimum atomic E-state index is -0.650. The number of nitrogens with two attached hydrogens (primary N) is 7. The zero-order valence-electron chi connectivity index (χ0n) is 85.4. The van der Waals surface area contributed by atoms with Gasteiger partial charge in [0.1, 0.15) is 99.0 Å². The van der Waals surface area contributed by atoms with Crippen molar-refractivity contribution in [3.8, 4) is 0 Å². The quantitative estimate of drug-likeness (QED) is 0.0148. The van der Waals surface area contributed by atoms with Crippen LogP contribution in [0.5, 0.6) is 0 Å². The molecule has 0 aliphatic heterocycles. The second kappa shape index (κ2) is 61.1. The fourth-order valence-corrected chi connectivity index (χ4v) is 13.4. The molecule has 0 radical (unpaired) electrons. The Bertz CT molecular complexity index is 4730. The number of esters is 8. The van der Waals surface area contributed by atoms with Crippen LogP contribution in [0.4, 0.5) is 4.39 Å². The number of likely N-dealkylation sites (N-methyl/N-ethyl adjacent to an activating group) is 1. The Morgan fingerprint density at radius 2 is 0.504 bits per heavy atom. The first-order valence-corrected chi connectivity index (χ1v) is 48.1. The van der Waals surface area contributed by atoms with Crippen molar-refractivity contribution in [1.29, 1.82) is 0 Å². The highest BCUT2D eigenvalue weighted by Crippen LogP contribution is 2.30. The van der Waals surface area contributed by atoms with Crippen molar-refractivity contribution >= 4 is 122 Å². The summed E-state index contributed by atoms with van der Waals surface area (Å²) in [5.74, 6) is -3.20. The van der Waals surface area contributed by atoms with Gasteiger partial charge in [0, 0.05) is 70.9 Å². The average Bonchev–Trinajstić information content (AvgIpc) is 0.827. The van der Waals surface area contributed by atoms with E-state index in [0.717, 1.165) is 49.0 Å². The Labute approximate surface area is 860 Å². The van der Waals surface area contributed by atoms with Crippen molar-refractivity contribution in [3.05, 3.63) is 280 Å². The Morgan fingerprint density at radius 1 is 0.288 bits per heavy atom. The summed E-state index contributed by atoms with van der Waals surface area (Å²) in [6, 6.07) is 55.7. The van der Waals surface area contributed by atoms with E-state index in [1.54, 1.807) is 86.6 Å². The fraction of sp³-hybridized carbons (Fsp3) is 0.481. The Hall–Kier alpha value is -8.94. The molecular weight excluding hydrogens is 1940 g/mol. The zero-order chi connectivity index (χ0) is 106. The van der Waals surface area contributed by atoms with E-state index >= 15 is 0 Å². The van der Waals surface area contributed by atoms with Crippen LogP contribution in [0.25, 0.3) is 0 Å². The summed E-state index contributed by atoms with van der Waals surface area (Å²) in [6.07, 6.45) is 5.00. The number of benzene rings is 8. The van der Waals surface area contributed by atoms with Crippen LogP contribution < -0.4 is 40.1 Å². The number of aryl methyl sites for hydroxylation is 1. The summed E-state index contributed by atoms with van der Waals surface area (Å²) in [5.41, 5.74) is 43.4. The summed E-state index contributed by atoms with van der Waals surface area (Å²) in [5, 5.41) is 3.07. The van der Waals surface area contributed by atoms with Gasteiger partial charge in [0.05, 0.1) is 10.0 Å². The highest BCUT2D eigenvalue weighted by atomic mass is 79.9. The maximum Gasteiger partial charge on any atom is 0.323 e. The van der Waals surface area contributed by atoms with Gasteiger partial charge in [-0.15, -0.1) is 0 Å². The number of nitrogens with zero attached hydrogens (tertiary/aromatic N) is 1. The van der Waals surface area contributed by atoms with Gasteiger partial charge in [0.25, 0.3) is 0 Å². The van der Waals surface area contributed by atoms with Crippen LogP contribution in [-0.4, -0.2) is 160 Å². The van der Waals surface area contributed by atoms with Gasteiger partial charge in [0.2, 0.25) is 0 Å². The Kier molecular flexibility index (Phi) is 57.2. The number of halogens is 7. The SMILES string of the molecule is C.CC(C(=O)OC(C)(C)Cc1ccc(Cl)cc1)N(C)C.CC(N)C(=O)OC(C)(C)Cc1ccc(Br)cc1.CC(N)C(=O)OC(C)(C)Cc1ccc(Cl)c(Cl)c1.CC(N)C(=O)OC(C)(C)Cc1ccc(Cl)cc1.CC(N)C(=O)OC(C)(C)Cc1ccc(F)cc1.CC(N)C(=O)OC(C)(C)Cc1cccc(Cl)c1.CC(N)C(=O)OC(C)(C)Cc1ccccc1.Cc1ccc(CC(C)(C)OC(=O)C(C)N)cc1. The van der Waals surface area contributed by atoms with Crippen molar-refractivity contribution in [3.63, 3.8) is 0 Å². The van der Waals surface area contributed by atoms with Crippen molar-refractivity contribution in [2.24, 2.45) is 40.1 Å². The van der Waals surface area contributed by atoms with Crippen LogP contribution in [0.1, 0.15) is 224 Å². The third kappa shape index (κ3) is 58.9. The molecule has 772 valence electrons. The second-order valence-corrected chi connectivity index (χ2v) is 42.4. The number of hydrogen-bond donors (Lipinski definition) is 7. The molecule has 8 atom stereocenters. The van der Waals surface area contributed by atoms with E-state index in [-0.39, 0.29) is 49.1 Å². The zero-order valence-corrected chi connectivity index (χ0v) is 90.8. The predicted molar refractivity (Wildman–Crippen MR) is 565 cm³/mol. The molecule has 8 unspecified atom stereocenters. The summed E-state index contributed by atoms with van der Waals surface area (Å²) >= 11 is 32.7. The molecule has 139 heavy (non-hydrogen) atoms. The molecule has 0 aliphatic carbocycles. The van der Waals surface area contributed by atoms with Crippen LogP contribution >= 0.6 is 73.9 Å². The average molecular weight is 2100 g/mol. The summed E-state index contributed by atoms with van der Waals surface area (Å²) in [7, 11) is 3.72. The standard InChI is InChI=1S/C15H22ClNO2.C14H21NO2.C13H18BrNO2.C13H17Cl2NO2.2C13H18ClNO2.C13H18FNO2.C13H19NO2.CH4/c1-11(17(4)5)14(18)19-15(2,3)10-12-6-8-13(16)9-7-12;1-10-5-7-12(8-6-10)9-14(3,4)17-13(16)11(2)15;1-9(15)12(16)17-13(2,3)8-10-4-6-11(14)7-5-10;1-8(16)12(17)18-13(2,3)7-9-4-5-10(14)11(15)6-9;1-9(15)12(16)17-13(2,3)8-10-4-6-11(14)7-5-10;1-9(15)12(16)17-13(2,3)8-10-5-4-6-11(14)7-10;1-9(15)12(16)17-13(2,3)8-10-4-6-11(14)7-5-10;1-10(14)12(15)16-13(2,3)9-11-7-5-4-6-8-11;/h6-9,11H,10H2,1-5H3;5-8,11H,9,15H2,1-4H3;4-7,9H,8,15H2,1-3H3;4-6,8H,7,16H2,1-3H3;3*4-7,9H,8,15H2,1-3H3;4-8,10H,9,14H2,1-3H3;1H4. The molecule has 0 heterocycles. The van der Waals surface area contributed by atoms with Crippen molar-refractivity contribution in [1.82, 2.24) is 4.90 Å². The number of ether oxygens (including phenoxy) is 8. The van der Waals surface area contributed by atoms with E-state index in [4.69, 9.17) is 136 Å². The summed E-state index contributed by atoms with van der Waals surface area (Å²) < 4.78 is 56.7. The van der Waals surface area contributed by atoms with Gasteiger partial charge in [-0.1, -0.05) is 208 Å².